The topological polar surface area (TPSA) is 42.2 Å². The fourth-order valence-corrected chi connectivity index (χ4v) is 2.14. The average molecular weight is 271 g/mol. The van der Waals surface area contributed by atoms with Gasteiger partial charge in [0.05, 0.1) is 6.26 Å². The molecule has 1 atom stereocenters. The van der Waals surface area contributed by atoms with Crippen molar-refractivity contribution >= 4 is 5.91 Å². The van der Waals surface area contributed by atoms with Crippen molar-refractivity contribution in [2.45, 2.75) is 38.6 Å². The van der Waals surface area contributed by atoms with Crippen LogP contribution >= 0.6 is 0 Å². The molecule has 0 bridgehead atoms. The van der Waals surface area contributed by atoms with Crippen molar-refractivity contribution in [3.8, 4) is 0 Å². The van der Waals surface area contributed by atoms with Gasteiger partial charge in [-0.3, -0.25) is 4.79 Å². The average Bonchev–Trinajstić information content (AvgIpc) is 2.97. The van der Waals surface area contributed by atoms with Crippen molar-refractivity contribution in [2.24, 2.45) is 0 Å². The molecule has 1 aromatic heterocycles. The van der Waals surface area contributed by atoms with Gasteiger partial charge in [0, 0.05) is 18.9 Å². The molecule has 2 rings (SSSR count). The van der Waals surface area contributed by atoms with Crippen molar-refractivity contribution in [1.29, 1.82) is 0 Å². The number of furan rings is 1. The van der Waals surface area contributed by atoms with Crippen LogP contribution in [0.2, 0.25) is 0 Å². The van der Waals surface area contributed by atoms with Crippen LogP contribution in [-0.2, 0) is 17.6 Å². The highest BCUT2D eigenvalue weighted by atomic mass is 16.3. The zero-order valence-corrected chi connectivity index (χ0v) is 11.8. The van der Waals surface area contributed by atoms with Crippen molar-refractivity contribution < 1.29 is 9.21 Å². The Labute approximate surface area is 120 Å². The predicted octanol–water partition coefficient (Wildman–Crippen LogP) is 3.35. The molecule has 3 heteroatoms. The van der Waals surface area contributed by atoms with Gasteiger partial charge >= 0.3 is 0 Å². The fourth-order valence-electron chi connectivity index (χ4n) is 2.14. The number of aryl methyl sites for hydroxylation is 2. The normalized spacial score (nSPS) is 12.1. The van der Waals surface area contributed by atoms with Gasteiger partial charge in [-0.15, -0.1) is 0 Å². The summed E-state index contributed by atoms with van der Waals surface area (Å²) >= 11 is 0. The second-order valence-electron chi connectivity index (χ2n) is 5.07. The summed E-state index contributed by atoms with van der Waals surface area (Å²) in [5, 5.41) is 3.03. The summed E-state index contributed by atoms with van der Waals surface area (Å²) in [4.78, 5) is 11.8. The number of carbonyl (C=O) groups is 1. The minimum atomic E-state index is 0.0851. The van der Waals surface area contributed by atoms with E-state index in [1.807, 2.05) is 37.3 Å². The summed E-state index contributed by atoms with van der Waals surface area (Å²) in [6.07, 6.45) is 4.71. The zero-order chi connectivity index (χ0) is 14.2. The Morgan fingerprint density at radius 3 is 2.65 bits per heavy atom. The Bertz CT molecular complexity index is 505. The van der Waals surface area contributed by atoms with Gasteiger partial charge in [0.1, 0.15) is 5.76 Å². The molecule has 3 nitrogen and oxygen atoms in total. The highest BCUT2D eigenvalue weighted by Gasteiger charge is 2.08. The van der Waals surface area contributed by atoms with Crippen LogP contribution in [0.3, 0.4) is 0 Å². The molecule has 0 aliphatic carbocycles. The Morgan fingerprint density at radius 1 is 1.15 bits per heavy atom. The van der Waals surface area contributed by atoms with Crippen LogP contribution in [0, 0.1) is 0 Å². The van der Waals surface area contributed by atoms with Crippen molar-refractivity contribution in [3.63, 3.8) is 0 Å². The third-order valence-corrected chi connectivity index (χ3v) is 3.29. The molecular weight excluding hydrogens is 250 g/mol. The Balaban J connectivity index is 1.66. The molecule has 0 aliphatic rings. The number of rotatable bonds is 7. The zero-order valence-electron chi connectivity index (χ0n) is 11.8. The third-order valence-electron chi connectivity index (χ3n) is 3.29. The summed E-state index contributed by atoms with van der Waals surface area (Å²) in [6.45, 7) is 2.05. The molecule has 0 saturated carbocycles. The van der Waals surface area contributed by atoms with E-state index in [1.54, 1.807) is 6.26 Å². The molecule has 0 unspecified atom stereocenters. The van der Waals surface area contributed by atoms with Crippen molar-refractivity contribution in [3.05, 3.63) is 60.1 Å². The molecule has 0 saturated heterocycles. The summed E-state index contributed by atoms with van der Waals surface area (Å²) in [6, 6.07) is 14.3. The van der Waals surface area contributed by atoms with Crippen LogP contribution < -0.4 is 5.32 Å². The number of benzene rings is 1. The number of hydrogen-bond acceptors (Lipinski definition) is 2. The van der Waals surface area contributed by atoms with E-state index in [1.165, 1.54) is 5.56 Å². The summed E-state index contributed by atoms with van der Waals surface area (Å²) < 4.78 is 5.21. The quantitative estimate of drug-likeness (QED) is 0.839. The lowest BCUT2D eigenvalue weighted by molar-refractivity contribution is -0.121. The standard InChI is InChI=1S/C17H21NO2/c1-14(9-10-15-6-3-2-4-7-15)18-17(19)12-11-16-8-5-13-20-16/h2-8,13-14H,9-12H2,1H3,(H,18,19)/t14-/m1/s1. The molecule has 0 aliphatic heterocycles. The second kappa shape index (κ2) is 7.53. The van der Waals surface area contributed by atoms with Gasteiger partial charge in [-0.2, -0.15) is 0 Å². The summed E-state index contributed by atoms with van der Waals surface area (Å²) in [5.41, 5.74) is 1.31. The van der Waals surface area contributed by atoms with Crippen LogP contribution in [0.1, 0.15) is 31.1 Å². The van der Waals surface area contributed by atoms with Crippen LogP contribution in [0.25, 0.3) is 0 Å². The fraction of sp³-hybridized carbons (Fsp3) is 0.353. The lowest BCUT2D eigenvalue weighted by Crippen LogP contribution is -2.33. The van der Waals surface area contributed by atoms with Crippen LogP contribution in [-0.4, -0.2) is 11.9 Å². The molecule has 1 N–H and O–H groups in total. The van der Waals surface area contributed by atoms with E-state index in [4.69, 9.17) is 4.42 Å². The van der Waals surface area contributed by atoms with E-state index in [2.05, 4.69) is 17.4 Å². The number of carbonyl (C=O) groups excluding carboxylic acids is 1. The van der Waals surface area contributed by atoms with Crippen molar-refractivity contribution in [2.75, 3.05) is 0 Å². The number of hydrogen-bond donors (Lipinski definition) is 1. The molecule has 1 aromatic carbocycles. The van der Waals surface area contributed by atoms with Gasteiger partial charge in [-0.25, -0.2) is 0 Å². The summed E-state index contributed by atoms with van der Waals surface area (Å²) in [5.74, 6) is 0.944. The predicted molar refractivity (Wildman–Crippen MR) is 79.4 cm³/mol. The van der Waals surface area contributed by atoms with E-state index < -0.39 is 0 Å². The van der Waals surface area contributed by atoms with Gasteiger partial charge in [-0.05, 0) is 37.5 Å². The van der Waals surface area contributed by atoms with Gasteiger partial charge in [0.2, 0.25) is 5.91 Å². The van der Waals surface area contributed by atoms with E-state index in [0.717, 1.165) is 18.6 Å². The largest absolute Gasteiger partial charge is 0.469 e. The Hall–Kier alpha value is -2.03. The summed E-state index contributed by atoms with van der Waals surface area (Å²) in [7, 11) is 0. The molecule has 2 aromatic rings. The van der Waals surface area contributed by atoms with E-state index in [-0.39, 0.29) is 11.9 Å². The highest BCUT2D eigenvalue weighted by Crippen LogP contribution is 2.06. The highest BCUT2D eigenvalue weighted by molar-refractivity contribution is 5.76. The van der Waals surface area contributed by atoms with Gasteiger partial charge in [0.15, 0.2) is 0 Å². The molecule has 20 heavy (non-hydrogen) atoms. The molecular formula is C17H21NO2. The molecule has 1 amide bonds. The lowest BCUT2D eigenvalue weighted by Gasteiger charge is -2.13. The second-order valence-corrected chi connectivity index (χ2v) is 5.07. The number of amides is 1. The maximum absolute atomic E-state index is 11.8. The smallest absolute Gasteiger partial charge is 0.220 e. The first-order chi connectivity index (χ1) is 9.74. The van der Waals surface area contributed by atoms with Crippen LogP contribution in [0.5, 0.6) is 0 Å². The first-order valence-electron chi connectivity index (χ1n) is 7.09. The molecule has 106 valence electrons. The minimum Gasteiger partial charge on any atom is -0.469 e. The van der Waals surface area contributed by atoms with Crippen molar-refractivity contribution in [1.82, 2.24) is 5.32 Å². The first kappa shape index (κ1) is 14.4. The number of nitrogens with one attached hydrogen (secondary N) is 1. The van der Waals surface area contributed by atoms with Crippen LogP contribution in [0.4, 0.5) is 0 Å². The first-order valence-corrected chi connectivity index (χ1v) is 7.09. The SMILES string of the molecule is C[C@H](CCc1ccccc1)NC(=O)CCc1ccco1. The van der Waals surface area contributed by atoms with Gasteiger partial charge in [-0.1, -0.05) is 30.3 Å². The van der Waals surface area contributed by atoms with E-state index in [0.29, 0.717) is 12.8 Å². The Kier molecular flexibility index (Phi) is 5.42. The van der Waals surface area contributed by atoms with Gasteiger partial charge in [0.25, 0.3) is 0 Å². The van der Waals surface area contributed by atoms with Crippen LogP contribution in [0.15, 0.2) is 53.1 Å². The molecule has 0 radical (unpaired) electrons. The monoisotopic (exact) mass is 271 g/mol. The maximum Gasteiger partial charge on any atom is 0.220 e. The molecule has 1 heterocycles. The van der Waals surface area contributed by atoms with E-state index in [9.17, 15) is 4.79 Å². The van der Waals surface area contributed by atoms with E-state index >= 15 is 0 Å². The lowest BCUT2D eigenvalue weighted by atomic mass is 10.1. The Morgan fingerprint density at radius 2 is 1.95 bits per heavy atom. The third kappa shape index (κ3) is 4.92. The maximum atomic E-state index is 11.8. The molecule has 0 spiro atoms. The minimum absolute atomic E-state index is 0.0851. The van der Waals surface area contributed by atoms with Gasteiger partial charge < -0.3 is 9.73 Å². The molecule has 0 fully saturated rings.